The van der Waals surface area contributed by atoms with E-state index in [4.69, 9.17) is 5.84 Å². The Morgan fingerprint density at radius 2 is 1.67 bits per heavy atom. The fourth-order valence-corrected chi connectivity index (χ4v) is 3.73. The first-order chi connectivity index (χ1) is 8.60. The van der Waals surface area contributed by atoms with Crippen LogP contribution in [0.25, 0.3) is 0 Å². The van der Waals surface area contributed by atoms with Crippen molar-refractivity contribution in [3.8, 4) is 0 Å². The molecule has 18 heavy (non-hydrogen) atoms. The van der Waals surface area contributed by atoms with Gasteiger partial charge in [-0.15, -0.1) is 0 Å². The average Bonchev–Trinajstić information content (AvgIpc) is 2.81. The molecule has 0 radical (unpaired) electrons. The van der Waals surface area contributed by atoms with Crippen LogP contribution < -0.4 is 11.3 Å². The summed E-state index contributed by atoms with van der Waals surface area (Å²) in [5.41, 5.74) is 3.46. The Bertz CT molecular complexity index is 218. The molecule has 0 bridgehead atoms. The second-order valence-corrected chi connectivity index (χ2v) is 6.17. The van der Waals surface area contributed by atoms with Crippen LogP contribution in [0.3, 0.4) is 0 Å². The van der Waals surface area contributed by atoms with E-state index in [1.54, 1.807) is 0 Å². The zero-order chi connectivity index (χ0) is 13.6. The summed E-state index contributed by atoms with van der Waals surface area (Å²) in [6, 6.07) is 0.447. The molecule has 1 fully saturated rings. The van der Waals surface area contributed by atoms with E-state index in [0.29, 0.717) is 11.6 Å². The standard InChI is InChI=1S/C15H33N3/c1-5-18(6-2)15(11-7-8-12-15)14(17-16)10-9-13(3)4/h13-14,17H,5-12,16H2,1-4H3. The second-order valence-electron chi connectivity index (χ2n) is 6.17. The third-order valence-electron chi connectivity index (χ3n) is 4.75. The van der Waals surface area contributed by atoms with Crippen LogP contribution in [-0.2, 0) is 0 Å². The number of hydrogen-bond donors (Lipinski definition) is 2. The van der Waals surface area contributed by atoms with Gasteiger partial charge in [0.1, 0.15) is 0 Å². The van der Waals surface area contributed by atoms with Crippen molar-refractivity contribution in [3.63, 3.8) is 0 Å². The minimum absolute atomic E-state index is 0.313. The zero-order valence-electron chi connectivity index (χ0n) is 12.8. The molecule has 0 aromatic rings. The molecule has 1 aliphatic carbocycles. The molecule has 0 aromatic carbocycles. The lowest BCUT2D eigenvalue weighted by molar-refractivity contribution is 0.0576. The summed E-state index contributed by atoms with van der Waals surface area (Å²) in [5.74, 6) is 6.65. The van der Waals surface area contributed by atoms with E-state index >= 15 is 0 Å². The molecule has 1 unspecified atom stereocenters. The topological polar surface area (TPSA) is 41.3 Å². The highest BCUT2D eigenvalue weighted by Gasteiger charge is 2.44. The van der Waals surface area contributed by atoms with Crippen molar-refractivity contribution in [1.29, 1.82) is 0 Å². The van der Waals surface area contributed by atoms with Crippen molar-refractivity contribution >= 4 is 0 Å². The smallest absolute Gasteiger partial charge is 0.0394 e. The Balaban J connectivity index is 2.79. The summed E-state index contributed by atoms with van der Waals surface area (Å²) in [5, 5.41) is 0. The maximum atomic E-state index is 5.89. The fraction of sp³-hybridized carbons (Fsp3) is 1.00. The van der Waals surface area contributed by atoms with E-state index < -0.39 is 0 Å². The first-order valence-corrected chi connectivity index (χ1v) is 7.81. The van der Waals surface area contributed by atoms with Gasteiger partial charge in [-0.05, 0) is 44.7 Å². The molecule has 3 N–H and O–H groups in total. The predicted octanol–water partition coefficient (Wildman–Crippen LogP) is 2.91. The van der Waals surface area contributed by atoms with Crippen molar-refractivity contribution in [2.45, 2.75) is 77.8 Å². The summed E-state index contributed by atoms with van der Waals surface area (Å²) in [7, 11) is 0. The number of nitrogens with one attached hydrogen (secondary N) is 1. The van der Waals surface area contributed by atoms with Crippen LogP contribution in [-0.4, -0.2) is 29.6 Å². The SMILES string of the molecule is CCN(CC)C1(C(CCC(C)C)NN)CCCC1. The van der Waals surface area contributed by atoms with Gasteiger partial charge in [0.15, 0.2) is 0 Å². The van der Waals surface area contributed by atoms with Gasteiger partial charge in [0.25, 0.3) is 0 Å². The largest absolute Gasteiger partial charge is 0.297 e. The van der Waals surface area contributed by atoms with Crippen LogP contribution in [0.4, 0.5) is 0 Å². The highest BCUT2D eigenvalue weighted by atomic mass is 15.3. The Labute approximate surface area is 113 Å². The maximum absolute atomic E-state index is 5.89. The first kappa shape index (κ1) is 15.9. The Morgan fingerprint density at radius 1 is 1.11 bits per heavy atom. The summed E-state index contributed by atoms with van der Waals surface area (Å²) in [6.45, 7) is 11.4. The number of likely N-dealkylation sites (N-methyl/N-ethyl adjacent to an activating group) is 1. The van der Waals surface area contributed by atoms with Crippen molar-refractivity contribution in [2.24, 2.45) is 11.8 Å². The third-order valence-corrected chi connectivity index (χ3v) is 4.75. The van der Waals surface area contributed by atoms with Gasteiger partial charge in [-0.3, -0.25) is 16.2 Å². The predicted molar refractivity (Wildman–Crippen MR) is 79.3 cm³/mol. The van der Waals surface area contributed by atoms with Gasteiger partial charge in [0, 0.05) is 11.6 Å². The molecule has 3 nitrogen and oxygen atoms in total. The van der Waals surface area contributed by atoms with Crippen LogP contribution in [0.5, 0.6) is 0 Å². The lowest BCUT2D eigenvalue weighted by Gasteiger charge is -2.46. The lowest BCUT2D eigenvalue weighted by atomic mass is 9.82. The highest BCUT2D eigenvalue weighted by Crippen LogP contribution is 2.39. The maximum Gasteiger partial charge on any atom is 0.0394 e. The molecular weight excluding hydrogens is 222 g/mol. The molecular formula is C15H33N3. The lowest BCUT2D eigenvalue weighted by Crippen LogP contribution is -2.61. The van der Waals surface area contributed by atoms with E-state index in [1.165, 1.54) is 38.5 Å². The molecule has 108 valence electrons. The zero-order valence-corrected chi connectivity index (χ0v) is 12.8. The number of hydrazine groups is 1. The van der Waals surface area contributed by atoms with E-state index in [9.17, 15) is 0 Å². The molecule has 0 amide bonds. The normalized spacial score (nSPS) is 20.8. The van der Waals surface area contributed by atoms with E-state index in [2.05, 4.69) is 38.0 Å². The summed E-state index contributed by atoms with van der Waals surface area (Å²) >= 11 is 0. The van der Waals surface area contributed by atoms with Gasteiger partial charge in [-0.1, -0.05) is 40.5 Å². The highest BCUT2D eigenvalue weighted by molar-refractivity contribution is 5.02. The van der Waals surface area contributed by atoms with Gasteiger partial charge < -0.3 is 0 Å². The Kier molecular flexibility index (Phi) is 6.61. The van der Waals surface area contributed by atoms with Gasteiger partial charge in [-0.2, -0.15) is 0 Å². The van der Waals surface area contributed by atoms with Crippen molar-refractivity contribution in [3.05, 3.63) is 0 Å². The molecule has 0 saturated heterocycles. The number of rotatable bonds is 8. The number of nitrogens with zero attached hydrogens (tertiary/aromatic N) is 1. The van der Waals surface area contributed by atoms with E-state index in [0.717, 1.165) is 19.0 Å². The summed E-state index contributed by atoms with van der Waals surface area (Å²) in [6.07, 6.45) is 7.79. The molecule has 1 aliphatic rings. The van der Waals surface area contributed by atoms with Crippen molar-refractivity contribution in [2.75, 3.05) is 13.1 Å². The van der Waals surface area contributed by atoms with Gasteiger partial charge in [-0.25, -0.2) is 0 Å². The monoisotopic (exact) mass is 255 g/mol. The quantitative estimate of drug-likeness (QED) is 0.517. The van der Waals surface area contributed by atoms with E-state index in [-0.39, 0.29) is 0 Å². The van der Waals surface area contributed by atoms with Gasteiger partial charge >= 0.3 is 0 Å². The van der Waals surface area contributed by atoms with Crippen LogP contribution in [0.2, 0.25) is 0 Å². The third kappa shape index (κ3) is 3.46. The number of hydrogen-bond acceptors (Lipinski definition) is 3. The van der Waals surface area contributed by atoms with E-state index in [1.807, 2.05) is 0 Å². The first-order valence-electron chi connectivity index (χ1n) is 7.81. The van der Waals surface area contributed by atoms with Crippen molar-refractivity contribution < 1.29 is 0 Å². The summed E-state index contributed by atoms with van der Waals surface area (Å²) in [4.78, 5) is 2.64. The molecule has 3 heteroatoms. The van der Waals surface area contributed by atoms with Gasteiger partial charge in [0.05, 0.1) is 0 Å². The molecule has 0 aliphatic heterocycles. The summed E-state index contributed by atoms with van der Waals surface area (Å²) < 4.78 is 0. The Hall–Kier alpha value is -0.120. The molecule has 1 rings (SSSR count). The molecule has 0 spiro atoms. The molecule has 0 aromatic heterocycles. The number of nitrogens with two attached hydrogens (primary N) is 1. The van der Waals surface area contributed by atoms with Crippen LogP contribution in [0, 0.1) is 5.92 Å². The van der Waals surface area contributed by atoms with Crippen LogP contribution in [0.1, 0.15) is 66.2 Å². The van der Waals surface area contributed by atoms with Crippen LogP contribution in [0.15, 0.2) is 0 Å². The minimum Gasteiger partial charge on any atom is -0.297 e. The van der Waals surface area contributed by atoms with Gasteiger partial charge in [0.2, 0.25) is 0 Å². The molecule has 1 saturated carbocycles. The van der Waals surface area contributed by atoms with Crippen LogP contribution >= 0.6 is 0 Å². The minimum atomic E-state index is 0.313. The Morgan fingerprint density at radius 3 is 2.06 bits per heavy atom. The molecule has 0 heterocycles. The average molecular weight is 255 g/mol. The fourth-order valence-electron chi connectivity index (χ4n) is 3.73. The van der Waals surface area contributed by atoms with Crippen molar-refractivity contribution in [1.82, 2.24) is 10.3 Å². The molecule has 1 atom stereocenters. The second kappa shape index (κ2) is 7.46.